The van der Waals surface area contributed by atoms with E-state index >= 15 is 0 Å². The first-order chi connectivity index (χ1) is 6.24. The molecule has 2 unspecified atom stereocenters. The van der Waals surface area contributed by atoms with Gasteiger partial charge >= 0.3 is 0 Å². The zero-order valence-electron chi connectivity index (χ0n) is 8.08. The van der Waals surface area contributed by atoms with Crippen molar-refractivity contribution in [1.29, 1.82) is 0 Å². The molecular formula is C9H18N2O2. The first kappa shape index (κ1) is 10.5. The molecule has 76 valence electrons. The molecule has 0 aromatic rings. The van der Waals surface area contributed by atoms with Crippen molar-refractivity contribution in [3.63, 3.8) is 0 Å². The van der Waals surface area contributed by atoms with E-state index in [0.717, 1.165) is 32.4 Å². The second-order valence-corrected chi connectivity index (χ2v) is 3.41. The first-order valence-electron chi connectivity index (χ1n) is 4.88. The van der Waals surface area contributed by atoms with Crippen LogP contribution in [0.1, 0.15) is 26.2 Å². The molecule has 1 rings (SSSR count). The minimum atomic E-state index is -0.277. The number of nitrogens with one attached hydrogen (secondary N) is 1. The number of rotatable bonds is 5. The van der Waals surface area contributed by atoms with E-state index in [4.69, 9.17) is 10.5 Å². The third-order valence-corrected chi connectivity index (χ3v) is 2.37. The highest BCUT2D eigenvalue weighted by Crippen LogP contribution is 2.10. The highest BCUT2D eigenvalue weighted by molar-refractivity contribution is 5.79. The Balaban J connectivity index is 2.18. The number of hydrogen-bond acceptors (Lipinski definition) is 3. The Morgan fingerprint density at radius 3 is 3.00 bits per heavy atom. The molecule has 1 amide bonds. The second-order valence-electron chi connectivity index (χ2n) is 3.41. The molecule has 2 atom stereocenters. The van der Waals surface area contributed by atoms with E-state index in [1.807, 2.05) is 6.92 Å². The summed E-state index contributed by atoms with van der Waals surface area (Å²) in [7, 11) is 0. The molecule has 0 saturated carbocycles. The Labute approximate surface area is 78.8 Å². The average molecular weight is 186 g/mol. The molecule has 4 heteroatoms. The second kappa shape index (κ2) is 5.19. The van der Waals surface area contributed by atoms with Crippen LogP contribution in [0, 0.1) is 0 Å². The number of primary amides is 1. The Morgan fingerprint density at radius 2 is 2.54 bits per heavy atom. The van der Waals surface area contributed by atoms with Gasteiger partial charge < -0.3 is 15.8 Å². The van der Waals surface area contributed by atoms with Crippen LogP contribution >= 0.6 is 0 Å². The number of amides is 1. The van der Waals surface area contributed by atoms with Gasteiger partial charge in [0.15, 0.2) is 0 Å². The van der Waals surface area contributed by atoms with E-state index in [1.165, 1.54) is 0 Å². The molecule has 0 radical (unpaired) electrons. The SMILES string of the molecule is CCC(NCC1CCCO1)C(N)=O. The van der Waals surface area contributed by atoms with E-state index in [9.17, 15) is 4.79 Å². The molecule has 0 bridgehead atoms. The van der Waals surface area contributed by atoms with E-state index in [2.05, 4.69) is 5.32 Å². The number of hydrogen-bond donors (Lipinski definition) is 2. The summed E-state index contributed by atoms with van der Waals surface area (Å²) in [5.41, 5.74) is 5.19. The smallest absolute Gasteiger partial charge is 0.234 e. The number of nitrogens with two attached hydrogens (primary N) is 1. The van der Waals surface area contributed by atoms with Crippen LogP contribution in [-0.4, -0.2) is 31.2 Å². The number of carbonyl (C=O) groups excluding carboxylic acids is 1. The summed E-state index contributed by atoms with van der Waals surface area (Å²) in [6.45, 7) is 3.53. The van der Waals surface area contributed by atoms with Gasteiger partial charge in [-0.05, 0) is 19.3 Å². The summed E-state index contributed by atoms with van der Waals surface area (Å²) >= 11 is 0. The van der Waals surface area contributed by atoms with E-state index in [1.54, 1.807) is 0 Å². The van der Waals surface area contributed by atoms with Crippen LogP contribution in [-0.2, 0) is 9.53 Å². The molecule has 0 aromatic heterocycles. The summed E-state index contributed by atoms with van der Waals surface area (Å²) in [5.74, 6) is -0.277. The van der Waals surface area contributed by atoms with Crippen molar-refractivity contribution in [2.75, 3.05) is 13.2 Å². The first-order valence-corrected chi connectivity index (χ1v) is 4.88. The van der Waals surface area contributed by atoms with Crippen LogP contribution in [0.2, 0.25) is 0 Å². The van der Waals surface area contributed by atoms with Crippen molar-refractivity contribution in [3.05, 3.63) is 0 Å². The largest absolute Gasteiger partial charge is 0.377 e. The van der Waals surface area contributed by atoms with E-state index in [0.29, 0.717) is 0 Å². The molecular weight excluding hydrogens is 168 g/mol. The normalized spacial score (nSPS) is 24.5. The minimum absolute atomic E-state index is 0.204. The summed E-state index contributed by atoms with van der Waals surface area (Å²) in [6.07, 6.45) is 3.22. The van der Waals surface area contributed by atoms with E-state index in [-0.39, 0.29) is 18.1 Å². The zero-order chi connectivity index (χ0) is 9.68. The Bertz CT molecular complexity index is 167. The third kappa shape index (κ3) is 3.32. The topological polar surface area (TPSA) is 64.3 Å². The molecule has 1 aliphatic heterocycles. The molecule has 13 heavy (non-hydrogen) atoms. The molecule has 1 aliphatic rings. The maximum atomic E-state index is 10.9. The Kier molecular flexibility index (Phi) is 4.18. The molecule has 3 N–H and O–H groups in total. The quantitative estimate of drug-likeness (QED) is 0.636. The highest BCUT2D eigenvalue weighted by atomic mass is 16.5. The van der Waals surface area contributed by atoms with Crippen molar-refractivity contribution >= 4 is 5.91 Å². The van der Waals surface area contributed by atoms with Gasteiger partial charge in [0.05, 0.1) is 12.1 Å². The average Bonchev–Trinajstić information content (AvgIpc) is 2.57. The maximum absolute atomic E-state index is 10.9. The zero-order valence-corrected chi connectivity index (χ0v) is 8.08. The van der Waals surface area contributed by atoms with Gasteiger partial charge in [-0.3, -0.25) is 4.79 Å². The van der Waals surface area contributed by atoms with Crippen LogP contribution in [0.4, 0.5) is 0 Å². The molecule has 4 nitrogen and oxygen atoms in total. The Morgan fingerprint density at radius 1 is 1.77 bits per heavy atom. The molecule has 0 aromatic carbocycles. The van der Waals surface area contributed by atoms with Gasteiger partial charge in [0.25, 0.3) is 0 Å². The Hall–Kier alpha value is -0.610. The highest BCUT2D eigenvalue weighted by Gasteiger charge is 2.18. The van der Waals surface area contributed by atoms with Gasteiger partial charge in [0.1, 0.15) is 0 Å². The van der Waals surface area contributed by atoms with E-state index < -0.39 is 0 Å². The standard InChI is InChI=1S/C9H18N2O2/c1-2-8(9(10)12)11-6-7-4-3-5-13-7/h7-8,11H,2-6H2,1H3,(H2,10,12). The maximum Gasteiger partial charge on any atom is 0.234 e. The van der Waals surface area contributed by atoms with Crippen molar-refractivity contribution in [1.82, 2.24) is 5.32 Å². The van der Waals surface area contributed by atoms with Crippen molar-refractivity contribution in [3.8, 4) is 0 Å². The van der Waals surface area contributed by atoms with Crippen LogP contribution < -0.4 is 11.1 Å². The van der Waals surface area contributed by atoms with Crippen LogP contribution in [0.5, 0.6) is 0 Å². The molecule has 1 heterocycles. The summed E-state index contributed by atoms with van der Waals surface area (Å²) < 4.78 is 5.41. The third-order valence-electron chi connectivity index (χ3n) is 2.37. The van der Waals surface area contributed by atoms with Crippen molar-refractivity contribution in [2.45, 2.75) is 38.3 Å². The molecule has 1 fully saturated rings. The van der Waals surface area contributed by atoms with Gasteiger partial charge in [-0.2, -0.15) is 0 Å². The molecule has 0 spiro atoms. The fraction of sp³-hybridized carbons (Fsp3) is 0.889. The fourth-order valence-electron chi connectivity index (χ4n) is 1.53. The number of carbonyl (C=O) groups is 1. The van der Waals surface area contributed by atoms with Crippen LogP contribution in [0.15, 0.2) is 0 Å². The minimum Gasteiger partial charge on any atom is -0.377 e. The van der Waals surface area contributed by atoms with Gasteiger partial charge in [-0.15, -0.1) is 0 Å². The summed E-state index contributed by atoms with van der Waals surface area (Å²) in [6, 6.07) is -0.204. The monoisotopic (exact) mass is 186 g/mol. The van der Waals surface area contributed by atoms with Gasteiger partial charge in [0, 0.05) is 13.2 Å². The van der Waals surface area contributed by atoms with Gasteiger partial charge in [-0.25, -0.2) is 0 Å². The fourth-order valence-corrected chi connectivity index (χ4v) is 1.53. The van der Waals surface area contributed by atoms with Gasteiger partial charge in [0.2, 0.25) is 5.91 Å². The van der Waals surface area contributed by atoms with Crippen LogP contribution in [0.3, 0.4) is 0 Å². The predicted octanol–water partition coefficient (Wildman–Crippen LogP) is 0.0189. The lowest BCUT2D eigenvalue weighted by Crippen LogP contribution is -2.43. The number of ether oxygens (including phenoxy) is 1. The lowest BCUT2D eigenvalue weighted by atomic mass is 10.2. The predicted molar refractivity (Wildman–Crippen MR) is 50.3 cm³/mol. The van der Waals surface area contributed by atoms with Gasteiger partial charge in [-0.1, -0.05) is 6.92 Å². The summed E-state index contributed by atoms with van der Waals surface area (Å²) in [4.78, 5) is 10.9. The molecule has 0 aliphatic carbocycles. The lowest BCUT2D eigenvalue weighted by Gasteiger charge is -2.16. The summed E-state index contributed by atoms with van der Waals surface area (Å²) in [5, 5.41) is 3.11. The van der Waals surface area contributed by atoms with Crippen molar-refractivity contribution in [2.24, 2.45) is 5.73 Å². The van der Waals surface area contributed by atoms with Crippen LogP contribution in [0.25, 0.3) is 0 Å². The molecule has 1 saturated heterocycles. The van der Waals surface area contributed by atoms with Crippen molar-refractivity contribution < 1.29 is 9.53 Å². The lowest BCUT2D eigenvalue weighted by molar-refractivity contribution is -0.120.